The first-order chi connectivity index (χ1) is 10.6. The number of carbonyl (C=O) groups is 2. The topological polar surface area (TPSA) is 82.3 Å². The molecule has 1 aromatic carbocycles. The van der Waals surface area contributed by atoms with E-state index in [1.165, 1.54) is 0 Å². The molecule has 1 atom stereocenters. The molecule has 0 bridgehead atoms. The predicted octanol–water partition coefficient (Wildman–Crippen LogP) is 1.43. The molecule has 1 fully saturated rings. The van der Waals surface area contributed by atoms with Crippen molar-refractivity contribution in [3.63, 3.8) is 0 Å². The van der Waals surface area contributed by atoms with E-state index in [1.807, 2.05) is 12.1 Å². The highest BCUT2D eigenvalue weighted by molar-refractivity contribution is 6.30. The molecular weight excluding hydrogens is 339 g/mol. The number of benzene rings is 1. The van der Waals surface area contributed by atoms with Gasteiger partial charge in [0.05, 0.1) is 6.54 Å². The fourth-order valence-electron chi connectivity index (χ4n) is 2.24. The third kappa shape index (κ3) is 7.54. The molecule has 1 heterocycles. The van der Waals surface area contributed by atoms with Crippen molar-refractivity contribution in [1.82, 2.24) is 21.3 Å². The third-order valence-electron chi connectivity index (χ3n) is 3.48. The molecule has 1 aliphatic rings. The molecule has 1 saturated heterocycles. The van der Waals surface area contributed by atoms with Crippen molar-refractivity contribution in [1.29, 1.82) is 0 Å². The quantitative estimate of drug-likeness (QED) is 0.619. The summed E-state index contributed by atoms with van der Waals surface area (Å²) in [6.45, 7) is 1.97. The van der Waals surface area contributed by atoms with E-state index >= 15 is 0 Å². The fourth-order valence-corrected chi connectivity index (χ4v) is 2.36. The van der Waals surface area contributed by atoms with Gasteiger partial charge in [-0.3, -0.25) is 4.79 Å². The normalized spacial score (nSPS) is 16.3. The predicted molar refractivity (Wildman–Crippen MR) is 93.0 cm³/mol. The van der Waals surface area contributed by atoms with Crippen molar-refractivity contribution in [2.75, 3.05) is 19.6 Å². The summed E-state index contributed by atoms with van der Waals surface area (Å²) < 4.78 is 0. The smallest absolute Gasteiger partial charge is 0.315 e. The van der Waals surface area contributed by atoms with Crippen LogP contribution in [0.1, 0.15) is 18.4 Å². The van der Waals surface area contributed by atoms with Crippen molar-refractivity contribution in [3.8, 4) is 0 Å². The monoisotopic (exact) mass is 360 g/mol. The lowest BCUT2D eigenvalue weighted by Crippen LogP contribution is -2.44. The highest BCUT2D eigenvalue weighted by Crippen LogP contribution is 2.08. The molecule has 4 N–H and O–H groups in total. The first-order valence-electron chi connectivity index (χ1n) is 7.40. The van der Waals surface area contributed by atoms with Gasteiger partial charge in [-0.05, 0) is 37.1 Å². The Kier molecular flexibility index (Phi) is 8.76. The van der Waals surface area contributed by atoms with Crippen molar-refractivity contribution in [2.24, 2.45) is 0 Å². The van der Waals surface area contributed by atoms with Crippen molar-refractivity contribution >= 4 is 35.9 Å². The van der Waals surface area contributed by atoms with Gasteiger partial charge in [-0.15, -0.1) is 12.4 Å². The molecule has 1 aliphatic heterocycles. The lowest BCUT2D eigenvalue weighted by molar-refractivity contribution is -0.120. The molecule has 0 aliphatic carbocycles. The molecule has 0 radical (unpaired) electrons. The van der Waals surface area contributed by atoms with E-state index in [0.29, 0.717) is 24.2 Å². The second kappa shape index (κ2) is 10.3. The maximum Gasteiger partial charge on any atom is 0.315 e. The average molecular weight is 361 g/mol. The third-order valence-corrected chi connectivity index (χ3v) is 3.74. The van der Waals surface area contributed by atoms with Gasteiger partial charge in [0.2, 0.25) is 5.91 Å². The molecule has 23 heavy (non-hydrogen) atoms. The van der Waals surface area contributed by atoms with Gasteiger partial charge in [0.1, 0.15) is 0 Å². The number of urea groups is 1. The van der Waals surface area contributed by atoms with E-state index in [4.69, 9.17) is 11.6 Å². The Morgan fingerprint density at radius 1 is 1.17 bits per heavy atom. The van der Waals surface area contributed by atoms with Gasteiger partial charge in [0, 0.05) is 24.2 Å². The van der Waals surface area contributed by atoms with Gasteiger partial charge in [0.15, 0.2) is 0 Å². The number of halogens is 2. The highest BCUT2D eigenvalue weighted by atomic mass is 35.5. The van der Waals surface area contributed by atoms with Gasteiger partial charge in [0.25, 0.3) is 0 Å². The molecule has 1 unspecified atom stereocenters. The van der Waals surface area contributed by atoms with Crippen molar-refractivity contribution in [2.45, 2.75) is 25.4 Å². The molecule has 3 amide bonds. The Labute approximate surface area is 147 Å². The molecule has 1 aromatic rings. The van der Waals surface area contributed by atoms with Crippen LogP contribution in [0.25, 0.3) is 0 Å². The molecular formula is C15H22Cl2N4O2. The number of amides is 3. The standard InChI is InChI=1S/C15H21ClN4O2.ClH/c16-12-5-3-11(4-6-12)8-19-15(22)20-10-14(21)18-9-13-2-1-7-17-13;/h3-6,13,17H,1-2,7-10H2,(H,18,21)(H2,19,20,22);1H. The Bertz CT molecular complexity index is 505. The van der Waals surface area contributed by atoms with E-state index in [2.05, 4.69) is 21.3 Å². The van der Waals surface area contributed by atoms with Gasteiger partial charge in [-0.1, -0.05) is 23.7 Å². The van der Waals surface area contributed by atoms with Crippen LogP contribution in [-0.2, 0) is 11.3 Å². The molecule has 6 nitrogen and oxygen atoms in total. The number of nitrogens with one attached hydrogen (secondary N) is 4. The van der Waals surface area contributed by atoms with E-state index in [-0.39, 0.29) is 30.9 Å². The zero-order chi connectivity index (χ0) is 15.8. The zero-order valence-corrected chi connectivity index (χ0v) is 14.3. The van der Waals surface area contributed by atoms with E-state index in [0.717, 1.165) is 24.9 Å². The maximum atomic E-state index is 11.6. The van der Waals surface area contributed by atoms with Gasteiger partial charge in [-0.2, -0.15) is 0 Å². The Hall–Kier alpha value is -1.50. The van der Waals surface area contributed by atoms with Crippen LogP contribution < -0.4 is 21.3 Å². The summed E-state index contributed by atoms with van der Waals surface area (Å²) in [6.07, 6.45) is 2.22. The lowest BCUT2D eigenvalue weighted by Gasteiger charge is -2.12. The largest absolute Gasteiger partial charge is 0.353 e. The molecule has 8 heteroatoms. The summed E-state index contributed by atoms with van der Waals surface area (Å²) >= 11 is 5.79. The average Bonchev–Trinajstić information content (AvgIpc) is 3.04. The lowest BCUT2D eigenvalue weighted by atomic mass is 10.2. The number of hydrogen-bond donors (Lipinski definition) is 4. The summed E-state index contributed by atoms with van der Waals surface area (Å²) in [5, 5.41) is 12.0. The van der Waals surface area contributed by atoms with E-state index in [1.54, 1.807) is 12.1 Å². The summed E-state index contributed by atoms with van der Waals surface area (Å²) in [6, 6.07) is 7.18. The first-order valence-corrected chi connectivity index (χ1v) is 7.77. The number of rotatable bonds is 6. The van der Waals surface area contributed by atoms with Crippen LogP contribution in [0.4, 0.5) is 4.79 Å². The van der Waals surface area contributed by atoms with Gasteiger partial charge in [-0.25, -0.2) is 4.79 Å². The van der Waals surface area contributed by atoms with Crippen LogP contribution in [0, 0.1) is 0 Å². The van der Waals surface area contributed by atoms with Crippen LogP contribution in [0.2, 0.25) is 5.02 Å². The maximum absolute atomic E-state index is 11.6. The van der Waals surface area contributed by atoms with Gasteiger partial charge >= 0.3 is 6.03 Å². The molecule has 128 valence electrons. The fraction of sp³-hybridized carbons (Fsp3) is 0.467. The minimum absolute atomic E-state index is 0. The van der Waals surface area contributed by atoms with E-state index < -0.39 is 0 Å². The Morgan fingerprint density at radius 3 is 2.57 bits per heavy atom. The first kappa shape index (κ1) is 19.5. The van der Waals surface area contributed by atoms with Crippen LogP contribution in [-0.4, -0.2) is 37.6 Å². The molecule has 0 aromatic heterocycles. The minimum Gasteiger partial charge on any atom is -0.353 e. The second-order valence-corrected chi connectivity index (χ2v) is 5.70. The summed E-state index contributed by atoms with van der Waals surface area (Å²) in [7, 11) is 0. The number of hydrogen-bond acceptors (Lipinski definition) is 3. The van der Waals surface area contributed by atoms with Gasteiger partial charge < -0.3 is 21.3 Å². The van der Waals surface area contributed by atoms with Crippen molar-refractivity contribution in [3.05, 3.63) is 34.9 Å². The Balaban J connectivity index is 0.00000264. The van der Waals surface area contributed by atoms with E-state index in [9.17, 15) is 9.59 Å². The van der Waals surface area contributed by atoms with Crippen LogP contribution in [0.3, 0.4) is 0 Å². The SMILES string of the molecule is Cl.O=C(CNC(=O)NCc1ccc(Cl)cc1)NCC1CCCN1. The Morgan fingerprint density at radius 2 is 1.91 bits per heavy atom. The minimum atomic E-state index is -0.371. The molecule has 0 saturated carbocycles. The summed E-state index contributed by atoms with van der Waals surface area (Å²) in [4.78, 5) is 23.2. The zero-order valence-electron chi connectivity index (χ0n) is 12.7. The highest BCUT2D eigenvalue weighted by Gasteiger charge is 2.14. The number of carbonyl (C=O) groups excluding carboxylic acids is 2. The summed E-state index contributed by atoms with van der Waals surface area (Å²) in [5.41, 5.74) is 0.941. The van der Waals surface area contributed by atoms with Crippen LogP contribution in [0.15, 0.2) is 24.3 Å². The second-order valence-electron chi connectivity index (χ2n) is 5.26. The van der Waals surface area contributed by atoms with Crippen LogP contribution >= 0.6 is 24.0 Å². The van der Waals surface area contributed by atoms with Crippen LogP contribution in [0.5, 0.6) is 0 Å². The summed E-state index contributed by atoms with van der Waals surface area (Å²) in [5.74, 6) is -0.185. The van der Waals surface area contributed by atoms with Crippen molar-refractivity contribution < 1.29 is 9.59 Å². The molecule has 2 rings (SSSR count). The molecule has 0 spiro atoms.